The zero-order valence-corrected chi connectivity index (χ0v) is 15.3. The molecule has 1 aromatic heterocycles. The molecule has 0 unspecified atom stereocenters. The Labute approximate surface area is 154 Å². The molecule has 26 heavy (non-hydrogen) atoms. The number of carbonyl (C=O) groups is 1. The summed E-state index contributed by atoms with van der Waals surface area (Å²) < 4.78 is 7.56. The van der Waals surface area contributed by atoms with Gasteiger partial charge in [-0.3, -0.25) is 0 Å². The van der Waals surface area contributed by atoms with Gasteiger partial charge < -0.3 is 4.74 Å². The number of hydrogen-bond donors (Lipinski definition) is 0. The fourth-order valence-corrected chi connectivity index (χ4v) is 2.86. The monoisotopic (exact) mass is 346 g/mol. The first-order valence-corrected chi connectivity index (χ1v) is 8.98. The third kappa shape index (κ3) is 4.37. The highest BCUT2D eigenvalue weighted by Gasteiger charge is 2.18. The minimum absolute atomic E-state index is 0.279. The second kappa shape index (κ2) is 8.43. The number of nitrogens with zero attached hydrogens (tertiary/aromatic N) is 1. The summed E-state index contributed by atoms with van der Waals surface area (Å²) >= 11 is 0. The van der Waals surface area contributed by atoms with Crippen LogP contribution >= 0.6 is 0 Å². The number of rotatable bonds is 6. The van der Waals surface area contributed by atoms with Gasteiger partial charge in [-0.25, -0.2) is 9.36 Å². The first-order valence-electron chi connectivity index (χ1n) is 8.98. The van der Waals surface area contributed by atoms with Crippen molar-refractivity contribution in [2.75, 3.05) is 6.61 Å². The van der Waals surface area contributed by atoms with Crippen molar-refractivity contribution in [2.45, 2.75) is 26.8 Å². The van der Waals surface area contributed by atoms with Crippen LogP contribution in [0.3, 0.4) is 0 Å². The zero-order chi connectivity index (χ0) is 18.4. The largest absolute Gasteiger partial charge is 0.462 e. The quantitative estimate of drug-likeness (QED) is 0.490. The zero-order valence-electron chi connectivity index (χ0n) is 15.3. The van der Waals surface area contributed by atoms with Gasteiger partial charge in [0.25, 0.3) is 0 Å². The summed E-state index contributed by atoms with van der Waals surface area (Å²) in [5.74, 6) is -0.279. The second-order valence-corrected chi connectivity index (χ2v) is 6.34. The number of aryl methyl sites for hydroxylation is 2. The Morgan fingerprint density at radius 2 is 1.73 bits per heavy atom. The molecule has 3 heteroatoms. The molecule has 0 aliphatic carbocycles. The highest BCUT2D eigenvalue weighted by molar-refractivity contribution is 5.96. The van der Waals surface area contributed by atoms with Gasteiger partial charge >= 0.3 is 5.97 Å². The molecule has 3 nitrogen and oxygen atoms in total. The fraction of sp³-hybridized carbons (Fsp3) is 0.217. The Morgan fingerprint density at radius 1 is 1.00 bits per heavy atom. The van der Waals surface area contributed by atoms with E-state index in [-0.39, 0.29) is 5.97 Å². The highest BCUT2D eigenvalue weighted by atomic mass is 16.5. The summed E-state index contributed by atoms with van der Waals surface area (Å²) in [5.41, 5.74) is 4.91. The van der Waals surface area contributed by atoms with Gasteiger partial charge in [0.1, 0.15) is 12.1 Å². The molecule has 2 aromatic carbocycles. The third-order valence-corrected chi connectivity index (χ3v) is 4.43. The summed E-state index contributed by atoms with van der Waals surface area (Å²) in [7, 11) is 0. The van der Waals surface area contributed by atoms with Crippen LogP contribution in [0.1, 0.15) is 28.4 Å². The van der Waals surface area contributed by atoms with Crippen LogP contribution < -0.4 is 4.57 Å². The molecule has 0 saturated heterocycles. The van der Waals surface area contributed by atoms with Crippen molar-refractivity contribution in [3.8, 4) is 11.1 Å². The van der Waals surface area contributed by atoms with Gasteiger partial charge in [0, 0.05) is 18.1 Å². The molecule has 0 atom stereocenters. The number of hydrogen-bond acceptors (Lipinski definition) is 2. The number of carbonyl (C=O) groups excluding carboxylic acids is 1. The molecular formula is C23H24NO2+. The number of benzene rings is 2. The molecule has 3 aromatic rings. The Morgan fingerprint density at radius 3 is 2.42 bits per heavy atom. The van der Waals surface area contributed by atoms with E-state index in [1.807, 2.05) is 53.4 Å². The minimum atomic E-state index is -0.279. The molecule has 0 fully saturated rings. The van der Waals surface area contributed by atoms with Crippen LogP contribution in [0, 0.1) is 6.92 Å². The minimum Gasteiger partial charge on any atom is -0.462 e. The van der Waals surface area contributed by atoms with Crippen molar-refractivity contribution in [1.29, 1.82) is 0 Å². The van der Waals surface area contributed by atoms with Crippen molar-refractivity contribution in [1.82, 2.24) is 0 Å². The van der Waals surface area contributed by atoms with E-state index in [9.17, 15) is 4.79 Å². The average molecular weight is 346 g/mol. The smallest absolute Gasteiger partial charge is 0.344 e. The highest BCUT2D eigenvalue weighted by Crippen LogP contribution is 2.23. The maximum atomic E-state index is 12.7. The molecule has 132 valence electrons. The Balaban J connectivity index is 1.76. The predicted octanol–water partition coefficient (Wildman–Crippen LogP) is 4.37. The van der Waals surface area contributed by atoms with E-state index in [0.29, 0.717) is 18.6 Å². The molecular weight excluding hydrogens is 322 g/mol. The molecule has 0 radical (unpaired) electrons. The van der Waals surface area contributed by atoms with E-state index in [0.717, 1.165) is 17.7 Å². The molecule has 3 rings (SSSR count). The average Bonchev–Trinajstić information content (AvgIpc) is 2.69. The summed E-state index contributed by atoms with van der Waals surface area (Å²) in [6.45, 7) is 5.29. The van der Waals surface area contributed by atoms with Crippen LogP contribution in [0.15, 0.2) is 73.1 Å². The van der Waals surface area contributed by atoms with Crippen LogP contribution in [0.4, 0.5) is 0 Å². The topological polar surface area (TPSA) is 30.2 Å². The predicted molar refractivity (Wildman–Crippen MR) is 103 cm³/mol. The molecule has 0 bridgehead atoms. The van der Waals surface area contributed by atoms with Gasteiger partial charge in [-0.2, -0.15) is 0 Å². The Kier molecular flexibility index (Phi) is 5.80. The summed E-state index contributed by atoms with van der Waals surface area (Å²) in [6, 6.07) is 20.2. The molecule has 0 amide bonds. The van der Waals surface area contributed by atoms with E-state index >= 15 is 0 Å². The normalized spacial score (nSPS) is 10.5. The lowest BCUT2D eigenvalue weighted by atomic mass is 10.0. The molecule has 0 aliphatic heterocycles. The van der Waals surface area contributed by atoms with Gasteiger partial charge in [-0.15, -0.1) is 0 Å². The van der Waals surface area contributed by atoms with Crippen LogP contribution in [0.25, 0.3) is 11.1 Å². The van der Waals surface area contributed by atoms with Crippen molar-refractivity contribution >= 4 is 5.97 Å². The van der Waals surface area contributed by atoms with E-state index in [1.165, 1.54) is 11.1 Å². The number of aromatic nitrogens is 1. The van der Waals surface area contributed by atoms with Crippen molar-refractivity contribution in [2.24, 2.45) is 0 Å². The molecule has 1 heterocycles. The standard InChI is InChI=1S/C23H24NO2/c1-3-24-15-13-21(20-7-5-4-6-8-20)22(17-24)23(25)26-16-14-19-11-9-18(2)10-12-19/h4-13,15,17H,3,14,16H2,1-2H3/q+1. The first-order chi connectivity index (χ1) is 12.7. The summed E-state index contributed by atoms with van der Waals surface area (Å²) in [6.07, 6.45) is 4.58. The molecule has 0 spiro atoms. The number of esters is 1. The van der Waals surface area contributed by atoms with Crippen molar-refractivity contribution in [3.63, 3.8) is 0 Å². The fourth-order valence-electron chi connectivity index (χ4n) is 2.86. The Bertz CT molecular complexity index is 870. The number of ether oxygens (including phenoxy) is 1. The van der Waals surface area contributed by atoms with Gasteiger partial charge in [0.15, 0.2) is 12.4 Å². The Hall–Kier alpha value is -2.94. The van der Waals surface area contributed by atoms with E-state index in [2.05, 4.69) is 38.1 Å². The third-order valence-electron chi connectivity index (χ3n) is 4.43. The van der Waals surface area contributed by atoms with Gasteiger partial charge in [-0.1, -0.05) is 60.2 Å². The lowest BCUT2D eigenvalue weighted by molar-refractivity contribution is -0.693. The van der Waals surface area contributed by atoms with Crippen LogP contribution in [0.2, 0.25) is 0 Å². The maximum absolute atomic E-state index is 12.7. The van der Waals surface area contributed by atoms with Gasteiger partial charge in [-0.05, 0) is 25.0 Å². The summed E-state index contributed by atoms with van der Waals surface area (Å²) in [5, 5.41) is 0. The van der Waals surface area contributed by atoms with E-state index < -0.39 is 0 Å². The van der Waals surface area contributed by atoms with E-state index in [1.54, 1.807) is 0 Å². The van der Waals surface area contributed by atoms with Crippen molar-refractivity contribution in [3.05, 3.63) is 89.7 Å². The summed E-state index contributed by atoms with van der Waals surface area (Å²) in [4.78, 5) is 12.7. The van der Waals surface area contributed by atoms with Crippen LogP contribution in [0.5, 0.6) is 0 Å². The van der Waals surface area contributed by atoms with Crippen LogP contribution in [-0.4, -0.2) is 12.6 Å². The first kappa shape index (κ1) is 17.9. The molecule has 0 aliphatic rings. The number of pyridine rings is 1. The SMILES string of the molecule is CC[n+]1ccc(-c2ccccc2)c(C(=O)OCCc2ccc(C)cc2)c1. The van der Waals surface area contributed by atoms with Crippen molar-refractivity contribution < 1.29 is 14.1 Å². The lowest BCUT2D eigenvalue weighted by Gasteiger charge is -2.09. The lowest BCUT2D eigenvalue weighted by Crippen LogP contribution is -2.33. The van der Waals surface area contributed by atoms with Crippen LogP contribution in [-0.2, 0) is 17.7 Å². The molecule has 0 N–H and O–H groups in total. The maximum Gasteiger partial charge on any atom is 0.344 e. The second-order valence-electron chi connectivity index (χ2n) is 6.34. The van der Waals surface area contributed by atoms with Gasteiger partial charge in [0.2, 0.25) is 0 Å². The molecule has 0 saturated carbocycles. The van der Waals surface area contributed by atoms with Gasteiger partial charge in [0.05, 0.1) is 6.61 Å². The van der Waals surface area contributed by atoms with E-state index in [4.69, 9.17) is 4.74 Å².